The van der Waals surface area contributed by atoms with Gasteiger partial charge in [-0.1, -0.05) is 18.2 Å². The summed E-state index contributed by atoms with van der Waals surface area (Å²) in [5.74, 6) is 0.435. The molecule has 1 aliphatic carbocycles. The van der Waals surface area contributed by atoms with Crippen LogP contribution in [-0.4, -0.2) is 0 Å². The number of hydrogen-bond acceptors (Lipinski definition) is 0. The minimum atomic E-state index is 0. The predicted octanol–water partition coefficient (Wildman–Crippen LogP) is 6.82. The Morgan fingerprint density at radius 2 is 1.27 bits per heavy atom. The molecule has 0 spiro atoms. The van der Waals surface area contributed by atoms with Crippen LogP contribution in [0.2, 0.25) is 0 Å². The van der Waals surface area contributed by atoms with E-state index in [1.165, 1.54) is 10.8 Å². The first kappa shape index (κ1) is 37.4. The zero-order chi connectivity index (χ0) is 10.5. The largest absolute Gasteiger partial charge is 0.358 e. The minimum Gasteiger partial charge on any atom is -0.358 e. The average molecular weight is 376 g/mol. The van der Waals surface area contributed by atoms with Gasteiger partial charge >= 0.3 is 0 Å². The van der Waals surface area contributed by atoms with Crippen molar-refractivity contribution in [1.29, 1.82) is 0 Å². The van der Waals surface area contributed by atoms with E-state index < -0.39 is 0 Å². The monoisotopic (exact) mass is 374 g/mol. The van der Waals surface area contributed by atoms with Crippen molar-refractivity contribution in [2.45, 2.75) is 0 Å². The van der Waals surface area contributed by atoms with Gasteiger partial charge < -0.3 is 51.5 Å². The van der Waals surface area contributed by atoms with Crippen molar-refractivity contribution in [3.63, 3.8) is 0 Å². The van der Waals surface area contributed by atoms with Gasteiger partial charge in [0.1, 0.15) is 0 Å². The molecule has 0 N–H and O–H groups in total. The van der Waals surface area contributed by atoms with E-state index in [9.17, 15) is 0 Å². The Labute approximate surface area is 160 Å². The first-order valence-corrected chi connectivity index (χ1v) is 5.15. The van der Waals surface area contributed by atoms with E-state index in [4.69, 9.17) is 0 Å². The van der Waals surface area contributed by atoms with Gasteiger partial charge in [-0.05, 0) is 0 Å². The van der Waals surface area contributed by atoms with E-state index in [2.05, 4.69) is 61.5 Å². The third-order valence-electron chi connectivity index (χ3n) is 2.38. The van der Waals surface area contributed by atoms with Crippen LogP contribution >= 0.6 is 0 Å². The van der Waals surface area contributed by atoms with E-state index in [0.717, 1.165) is 0 Å². The van der Waals surface area contributed by atoms with Gasteiger partial charge in [-0.3, -0.25) is 0 Å². The van der Waals surface area contributed by atoms with Gasteiger partial charge in [-0.15, -0.1) is 47.7 Å². The van der Waals surface area contributed by atoms with Crippen molar-refractivity contribution in [2.24, 2.45) is 5.92 Å². The molecule has 0 atom stereocenters. The molecule has 2 aromatic rings. The number of hydrogen-bond donors (Lipinski definition) is 0. The molecule has 0 amide bonds. The van der Waals surface area contributed by atoms with Crippen molar-refractivity contribution in [3.05, 3.63) is 118 Å². The van der Waals surface area contributed by atoms with Crippen LogP contribution in [0.15, 0.2) is 66.8 Å². The number of rotatable bonds is 0. The number of benzene rings is 1. The molecule has 0 aromatic heterocycles. The van der Waals surface area contributed by atoms with E-state index in [0.29, 0.717) is 5.92 Å². The second-order valence-corrected chi connectivity index (χ2v) is 3.59. The third kappa shape index (κ3) is 11.8. The SMILES string of the molecule is [CH2-]C1C=CC=C1.[CH3-].[CH3-].[CH3-].[CH3-].[CH3-].[CH3-].[Zr].c1ccc2[cH-]ccc2c1. The molecule has 0 fully saturated rings. The zero-order valence-electron chi connectivity index (χ0n) is 15.1. The van der Waals surface area contributed by atoms with Crippen LogP contribution in [-0.2, 0) is 26.2 Å². The standard InChI is InChI=1S/C9H7.C6H7.6CH3.Zr/c1-2-5-9-7-3-6-8(9)4-1;1-6-4-2-3-5-6;;;;;;;/h1-7H;2-6H,1H2;6*1H3;/q8*-1;. The molecule has 0 bridgehead atoms. The molecule has 0 aliphatic heterocycles. The number of allylic oxidation sites excluding steroid dienone is 4. The molecule has 0 heterocycles. The van der Waals surface area contributed by atoms with Crippen LogP contribution in [0.5, 0.6) is 0 Å². The molecule has 128 valence electrons. The molecule has 2 aromatic carbocycles. The molecule has 0 nitrogen and oxygen atoms in total. The minimum absolute atomic E-state index is 0. The van der Waals surface area contributed by atoms with Crippen molar-refractivity contribution >= 4 is 10.8 Å². The van der Waals surface area contributed by atoms with E-state index in [1.54, 1.807) is 0 Å². The Morgan fingerprint density at radius 1 is 0.773 bits per heavy atom. The molecule has 22 heavy (non-hydrogen) atoms. The second kappa shape index (κ2) is 20.2. The second-order valence-electron chi connectivity index (χ2n) is 3.59. The van der Waals surface area contributed by atoms with Gasteiger partial charge in [0, 0.05) is 26.2 Å². The van der Waals surface area contributed by atoms with Crippen molar-refractivity contribution in [1.82, 2.24) is 0 Å². The summed E-state index contributed by atoms with van der Waals surface area (Å²) in [5.41, 5.74) is 0. The van der Waals surface area contributed by atoms with Gasteiger partial charge in [0.15, 0.2) is 0 Å². The molecule has 0 saturated carbocycles. The summed E-state index contributed by atoms with van der Waals surface area (Å²) in [4.78, 5) is 0. The predicted molar refractivity (Wildman–Crippen MR) is 105 cm³/mol. The quantitative estimate of drug-likeness (QED) is 0.443. The zero-order valence-corrected chi connectivity index (χ0v) is 17.6. The third-order valence-corrected chi connectivity index (χ3v) is 2.38. The van der Waals surface area contributed by atoms with Crippen molar-refractivity contribution in [2.75, 3.05) is 0 Å². The van der Waals surface area contributed by atoms with Gasteiger partial charge in [0.05, 0.1) is 0 Å². The van der Waals surface area contributed by atoms with E-state index in [1.807, 2.05) is 12.2 Å². The van der Waals surface area contributed by atoms with Crippen LogP contribution in [0, 0.1) is 57.4 Å². The van der Waals surface area contributed by atoms with Crippen LogP contribution in [0.25, 0.3) is 10.8 Å². The maximum Gasteiger partial charge on any atom is 0 e. The molecule has 1 heteroatoms. The molecular formula is C21H32Zr-8. The normalized spacial score (nSPS) is 9.68. The van der Waals surface area contributed by atoms with Gasteiger partial charge in [-0.2, -0.15) is 17.5 Å². The van der Waals surface area contributed by atoms with Crippen LogP contribution in [0.3, 0.4) is 0 Å². The van der Waals surface area contributed by atoms with Gasteiger partial charge in [0.25, 0.3) is 0 Å². The molecule has 1 aliphatic rings. The molecule has 0 radical (unpaired) electrons. The average Bonchev–Trinajstić information content (AvgIpc) is 2.88. The molecular weight excluding hydrogens is 343 g/mol. The van der Waals surface area contributed by atoms with Crippen LogP contribution in [0.1, 0.15) is 0 Å². The summed E-state index contributed by atoms with van der Waals surface area (Å²) in [7, 11) is 0. The summed E-state index contributed by atoms with van der Waals surface area (Å²) in [6, 6.07) is 14.7. The first-order chi connectivity index (χ1) is 7.36. The summed E-state index contributed by atoms with van der Waals surface area (Å²) >= 11 is 0. The fraction of sp³-hybridized carbons (Fsp3) is 0.0476. The van der Waals surface area contributed by atoms with Gasteiger partial charge in [0.2, 0.25) is 0 Å². The van der Waals surface area contributed by atoms with Gasteiger partial charge in [-0.25, -0.2) is 0 Å². The van der Waals surface area contributed by atoms with E-state index in [-0.39, 0.29) is 70.8 Å². The molecule has 0 unspecified atom stereocenters. The number of fused-ring (bicyclic) bond motifs is 1. The summed E-state index contributed by atoms with van der Waals surface area (Å²) < 4.78 is 0. The van der Waals surface area contributed by atoms with Crippen molar-refractivity contribution in [3.8, 4) is 0 Å². The fourth-order valence-electron chi connectivity index (χ4n) is 1.55. The smallest absolute Gasteiger partial charge is 0 e. The molecule has 3 rings (SSSR count). The summed E-state index contributed by atoms with van der Waals surface area (Å²) in [6.07, 6.45) is 8.13. The Morgan fingerprint density at radius 3 is 1.68 bits per heavy atom. The topological polar surface area (TPSA) is 0 Å². The first-order valence-electron chi connectivity index (χ1n) is 5.15. The Balaban J connectivity index is -0.0000000458. The Kier molecular flexibility index (Phi) is 34.4. The fourth-order valence-corrected chi connectivity index (χ4v) is 1.55. The Bertz CT molecular complexity index is 435. The maximum atomic E-state index is 3.76. The molecule has 0 saturated heterocycles. The summed E-state index contributed by atoms with van der Waals surface area (Å²) in [6.45, 7) is 3.76. The van der Waals surface area contributed by atoms with Crippen molar-refractivity contribution < 1.29 is 26.2 Å². The Hall–Kier alpha value is -0.807. The summed E-state index contributed by atoms with van der Waals surface area (Å²) in [5, 5.41) is 2.66. The van der Waals surface area contributed by atoms with E-state index >= 15 is 0 Å². The van der Waals surface area contributed by atoms with Crippen LogP contribution < -0.4 is 0 Å². The van der Waals surface area contributed by atoms with Crippen LogP contribution in [0.4, 0.5) is 0 Å². The maximum absolute atomic E-state index is 3.76.